The molecule has 1 fully saturated rings. The highest BCUT2D eigenvalue weighted by molar-refractivity contribution is 6.00. The number of rotatable bonds is 6. The first-order chi connectivity index (χ1) is 9.15. The second-order valence-corrected chi connectivity index (χ2v) is 5.29. The van der Waals surface area contributed by atoms with Crippen LogP contribution in [0.15, 0.2) is 18.2 Å². The quantitative estimate of drug-likeness (QED) is 0.733. The standard InChI is InChI=1S/C16H20N2O/c1-3-8-18(11-13-4-5-13)16-9-14(10-17)6-7-15(16)12(2)19/h6-7,9,13H,3-5,8,11H2,1-2H3. The minimum absolute atomic E-state index is 0.0661. The van der Waals surface area contributed by atoms with Crippen molar-refractivity contribution < 1.29 is 4.79 Å². The summed E-state index contributed by atoms with van der Waals surface area (Å²) in [6, 6.07) is 7.52. The number of Topliss-reactive ketones (excluding diaryl/α,β-unsaturated/α-hetero) is 1. The van der Waals surface area contributed by atoms with E-state index in [1.54, 1.807) is 19.1 Å². The summed E-state index contributed by atoms with van der Waals surface area (Å²) in [5.41, 5.74) is 2.28. The van der Waals surface area contributed by atoms with Gasteiger partial charge in [0.25, 0.3) is 0 Å². The van der Waals surface area contributed by atoms with Gasteiger partial charge in [-0.05, 0) is 50.3 Å². The molecule has 0 bridgehead atoms. The van der Waals surface area contributed by atoms with Gasteiger partial charge in [-0.15, -0.1) is 0 Å². The SMILES string of the molecule is CCCN(CC1CC1)c1cc(C#N)ccc1C(C)=O. The van der Waals surface area contributed by atoms with E-state index in [9.17, 15) is 4.79 Å². The number of nitriles is 1. The molecule has 0 N–H and O–H groups in total. The van der Waals surface area contributed by atoms with Crippen LogP contribution in [0.4, 0.5) is 5.69 Å². The number of carbonyl (C=O) groups is 1. The minimum atomic E-state index is 0.0661. The van der Waals surface area contributed by atoms with E-state index >= 15 is 0 Å². The van der Waals surface area contributed by atoms with E-state index < -0.39 is 0 Å². The summed E-state index contributed by atoms with van der Waals surface area (Å²) in [4.78, 5) is 14.0. The van der Waals surface area contributed by atoms with Crippen LogP contribution in [0, 0.1) is 17.2 Å². The summed E-state index contributed by atoms with van der Waals surface area (Å²) in [7, 11) is 0. The van der Waals surface area contributed by atoms with Crippen LogP contribution in [-0.4, -0.2) is 18.9 Å². The predicted molar refractivity (Wildman–Crippen MR) is 76.4 cm³/mol. The molecular formula is C16H20N2O. The van der Waals surface area contributed by atoms with Crippen molar-refractivity contribution in [2.75, 3.05) is 18.0 Å². The molecule has 0 heterocycles. The highest BCUT2D eigenvalue weighted by Crippen LogP contribution is 2.33. The smallest absolute Gasteiger partial charge is 0.161 e. The fraction of sp³-hybridized carbons (Fsp3) is 0.500. The number of hydrogen-bond acceptors (Lipinski definition) is 3. The predicted octanol–water partition coefficient (Wildman–Crippen LogP) is 3.39. The maximum atomic E-state index is 11.8. The van der Waals surface area contributed by atoms with E-state index in [1.165, 1.54) is 12.8 Å². The summed E-state index contributed by atoms with van der Waals surface area (Å²) in [6.45, 7) is 5.67. The molecule has 0 aromatic heterocycles. The molecule has 3 nitrogen and oxygen atoms in total. The largest absolute Gasteiger partial charge is 0.371 e. The number of anilines is 1. The van der Waals surface area contributed by atoms with Crippen LogP contribution in [0.25, 0.3) is 0 Å². The summed E-state index contributed by atoms with van der Waals surface area (Å²) < 4.78 is 0. The molecule has 1 aliphatic rings. The van der Waals surface area contributed by atoms with E-state index in [1.807, 2.05) is 6.07 Å². The highest BCUT2D eigenvalue weighted by atomic mass is 16.1. The lowest BCUT2D eigenvalue weighted by atomic mass is 10.0. The third-order valence-electron chi connectivity index (χ3n) is 3.52. The Kier molecular flexibility index (Phi) is 4.21. The van der Waals surface area contributed by atoms with Gasteiger partial charge in [0.1, 0.15) is 0 Å². The molecule has 19 heavy (non-hydrogen) atoms. The second kappa shape index (κ2) is 5.88. The maximum Gasteiger partial charge on any atom is 0.161 e. The first kappa shape index (κ1) is 13.6. The zero-order valence-electron chi connectivity index (χ0n) is 11.6. The van der Waals surface area contributed by atoms with Crippen molar-refractivity contribution >= 4 is 11.5 Å². The van der Waals surface area contributed by atoms with Gasteiger partial charge in [0.2, 0.25) is 0 Å². The third kappa shape index (κ3) is 3.35. The maximum absolute atomic E-state index is 11.8. The normalized spacial score (nSPS) is 13.9. The summed E-state index contributed by atoms with van der Waals surface area (Å²) >= 11 is 0. The molecule has 3 heteroatoms. The summed E-state index contributed by atoms with van der Waals surface area (Å²) in [6.07, 6.45) is 3.61. The van der Waals surface area contributed by atoms with Crippen LogP contribution >= 0.6 is 0 Å². The second-order valence-electron chi connectivity index (χ2n) is 5.29. The Morgan fingerprint density at radius 1 is 1.47 bits per heavy atom. The van der Waals surface area contributed by atoms with Gasteiger partial charge >= 0.3 is 0 Å². The molecular weight excluding hydrogens is 236 g/mol. The molecule has 0 spiro atoms. The van der Waals surface area contributed by atoms with Gasteiger partial charge in [0, 0.05) is 24.3 Å². The molecule has 0 saturated heterocycles. The number of nitrogens with zero attached hydrogens (tertiary/aromatic N) is 2. The molecule has 2 rings (SSSR count). The molecule has 1 aromatic carbocycles. The topological polar surface area (TPSA) is 44.1 Å². The van der Waals surface area contributed by atoms with E-state index in [4.69, 9.17) is 5.26 Å². The number of hydrogen-bond donors (Lipinski definition) is 0. The monoisotopic (exact) mass is 256 g/mol. The molecule has 0 radical (unpaired) electrons. The van der Waals surface area contributed by atoms with Crippen LogP contribution in [-0.2, 0) is 0 Å². The van der Waals surface area contributed by atoms with Gasteiger partial charge in [-0.1, -0.05) is 6.92 Å². The average molecular weight is 256 g/mol. The Labute approximate surface area is 114 Å². The molecule has 1 saturated carbocycles. The van der Waals surface area contributed by atoms with Gasteiger partial charge in [-0.25, -0.2) is 0 Å². The average Bonchev–Trinajstić information content (AvgIpc) is 3.21. The van der Waals surface area contributed by atoms with Gasteiger partial charge in [-0.3, -0.25) is 4.79 Å². The van der Waals surface area contributed by atoms with Crippen molar-refractivity contribution in [2.45, 2.75) is 33.1 Å². The Balaban J connectivity index is 2.36. The highest BCUT2D eigenvalue weighted by Gasteiger charge is 2.25. The molecule has 1 aromatic rings. The van der Waals surface area contributed by atoms with Crippen LogP contribution in [0.3, 0.4) is 0 Å². The van der Waals surface area contributed by atoms with Crippen molar-refractivity contribution in [3.05, 3.63) is 29.3 Å². The van der Waals surface area contributed by atoms with Crippen molar-refractivity contribution in [1.82, 2.24) is 0 Å². The van der Waals surface area contributed by atoms with Crippen LogP contribution < -0.4 is 4.90 Å². The zero-order chi connectivity index (χ0) is 13.8. The Bertz CT molecular complexity index is 512. The lowest BCUT2D eigenvalue weighted by Crippen LogP contribution is -2.28. The van der Waals surface area contributed by atoms with Crippen molar-refractivity contribution in [3.63, 3.8) is 0 Å². The van der Waals surface area contributed by atoms with Crippen LogP contribution in [0.5, 0.6) is 0 Å². The van der Waals surface area contributed by atoms with Crippen LogP contribution in [0.2, 0.25) is 0 Å². The summed E-state index contributed by atoms with van der Waals surface area (Å²) in [5, 5.41) is 9.04. The van der Waals surface area contributed by atoms with Gasteiger partial charge in [0.05, 0.1) is 11.6 Å². The first-order valence-corrected chi connectivity index (χ1v) is 6.95. The molecule has 0 aliphatic heterocycles. The van der Waals surface area contributed by atoms with Gasteiger partial charge in [-0.2, -0.15) is 5.26 Å². The van der Waals surface area contributed by atoms with Crippen molar-refractivity contribution in [1.29, 1.82) is 5.26 Å². The Hall–Kier alpha value is -1.82. The minimum Gasteiger partial charge on any atom is -0.371 e. The van der Waals surface area contributed by atoms with Crippen molar-refractivity contribution in [2.24, 2.45) is 5.92 Å². The lowest BCUT2D eigenvalue weighted by molar-refractivity contribution is 0.101. The Morgan fingerprint density at radius 2 is 2.21 bits per heavy atom. The molecule has 100 valence electrons. The lowest BCUT2D eigenvalue weighted by Gasteiger charge is -2.26. The van der Waals surface area contributed by atoms with Gasteiger partial charge < -0.3 is 4.90 Å². The van der Waals surface area contributed by atoms with E-state index in [0.29, 0.717) is 5.56 Å². The van der Waals surface area contributed by atoms with Crippen LogP contribution in [0.1, 0.15) is 49.0 Å². The van der Waals surface area contributed by atoms with E-state index in [-0.39, 0.29) is 5.78 Å². The first-order valence-electron chi connectivity index (χ1n) is 6.95. The van der Waals surface area contributed by atoms with Gasteiger partial charge in [0.15, 0.2) is 5.78 Å². The fourth-order valence-corrected chi connectivity index (χ4v) is 2.35. The molecule has 0 unspecified atom stereocenters. The molecule has 1 aliphatic carbocycles. The third-order valence-corrected chi connectivity index (χ3v) is 3.52. The number of carbonyl (C=O) groups excluding carboxylic acids is 1. The Morgan fingerprint density at radius 3 is 2.74 bits per heavy atom. The molecule has 0 atom stereocenters. The summed E-state index contributed by atoms with van der Waals surface area (Å²) in [5.74, 6) is 0.827. The van der Waals surface area contributed by atoms with Crippen molar-refractivity contribution in [3.8, 4) is 6.07 Å². The fourth-order valence-electron chi connectivity index (χ4n) is 2.35. The number of benzene rings is 1. The number of ketones is 1. The molecule has 0 amide bonds. The van der Waals surface area contributed by atoms with E-state index in [0.717, 1.165) is 36.7 Å². The van der Waals surface area contributed by atoms with E-state index in [2.05, 4.69) is 17.9 Å². The zero-order valence-corrected chi connectivity index (χ0v) is 11.6.